The number of benzene rings is 1. The molecule has 0 unspecified atom stereocenters. The molecule has 1 aromatic carbocycles. The highest BCUT2D eigenvalue weighted by Crippen LogP contribution is 2.31. The van der Waals surface area contributed by atoms with Gasteiger partial charge in [0.25, 0.3) is 0 Å². The Morgan fingerprint density at radius 2 is 2.05 bits per heavy atom. The first-order valence-electron chi connectivity index (χ1n) is 6.53. The van der Waals surface area contributed by atoms with Crippen LogP contribution in [0.25, 0.3) is 5.69 Å². The normalized spacial score (nSPS) is 11.3. The van der Waals surface area contributed by atoms with Crippen LogP contribution in [0.2, 0.25) is 0 Å². The summed E-state index contributed by atoms with van der Waals surface area (Å²) in [6, 6.07) is 4.46. The van der Waals surface area contributed by atoms with Gasteiger partial charge >= 0.3 is 5.69 Å². The molecule has 2 rings (SSSR count). The number of hydrogen-bond donors (Lipinski definition) is 0. The summed E-state index contributed by atoms with van der Waals surface area (Å²) in [7, 11) is 1.36. The number of nitro benzene ring substituents is 1. The first kappa shape index (κ1) is 15.6. The highest BCUT2D eigenvalue weighted by atomic mass is 16.6. The molecule has 0 amide bonds. The van der Waals surface area contributed by atoms with Gasteiger partial charge in [0.1, 0.15) is 5.69 Å². The number of ether oxygens (including phenoxy) is 1. The predicted octanol–water partition coefficient (Wildman–Crippen LogP) is 2.29. The fraction of sp³-hybridized carbons (Fsp3) is 0.357. The van der Waals surface area contributed by atoms with Gasteiger partial charge in [-0.15, -0.1) is 5.10 Å². The number of nitrogens with zero attached hydrogens (tertiary/aromatic N) is 4. The summed E-state index contributed by atoms with van der Waals surface area (Å²) in [6.45, 7) is 5.73. The average molecular weight is 304 g/mol. The standard InChI is InChI=1S/C14H16N4O4/c1-14(2,3)13-10(8-19)15-16-17(13)9-5-6-12(22-4)11(7-9)18(20)21/h5-8H,1-4H3. The third-order valence-corrected chi connectivity index (χ3v) is 3.12. The van der Waals surface area contributed by atoms with Crippen molar-refractivity contribution in [2.24, 2.45) is 0 Å². The van der Waals surface area contributed by atoms with E-state index < -0.39 is 10.3 Å². The average Bonchev–Trinajstić information content (AvgIpc) is 2.90. The van der Waals surface area contributed by atoms with Crippen molar-refractivity contribution >= 4 is 12.0 Å². The molecule has 0 aliphatic carbocycles. The van der Waals surface area contributed by atoms with Crippen LogP contribution in [0.1, 0.15) is 37.0 Å². The van der Waals surface area contributed by atoms with E-state index in [0.29, 0.717) is 17.7 Å². The van der Waals surface area contributed by atoms with E-state index in [0.717, 1.165) is 0 Å². The maximum atomic E-state index is 11.2. The van der Waals surface area contributed by atoms with Crippen molar-refractivity contribution in [2.75, 3.05) is 7.11 Å². The molecule has 0 saturated heterocycles. The van der Waals surface area contributed by atoms with Crippen LogP contribution in [0.3, 0.4) is 0 Å². The summed E-state index contributed by atoms with van der Waals surface area (Å²) in [4.78, 5) is 21.8. The molecule has 1 heterocycles. The van der Waals surface area contributed by atoms with Crippen molar-refractivity contribution in [3.05, 3.63) is 39.7 Å². The van der Waals surface area contributed by atoms with Crippen molar-refractivity contribution in [1.82, 2.24) is 15.0 Å². The highest BCUT2D eigenvalue weighted by molar-refractivity contribution is 5.74. The fourth-order valence-electron chi connectivity index (χ4n) is 2.21. The van der Waals surface area contributed by atoms with Crippen molar-refractivity contribution in [1.29, 1.82) is 0 Å². The lowest BCUT2D eigenvalue weighted by Gasteiger charge is -2.20. The molecule has 0 aliphatic heterocycles. The summed E-state index contributed by atoms with van der Waals surface area (Å²) in [5.41, 5.74) is 0.656. The molecule has 0 bridgehead atoms. The SMILES string of the molecule is COc1ccc(-n2nnc(C=O)c2C(C)(C)C)cc1[N+](=O)[O-]. The Bertz CT molecular complexity index is 731. The second-order valence-electron chi connectivity index (χ2n) is 5.72. The molecule has 0 radical (unpaired) electrons. The minimum absolute atomic E-state index is 0.154. The quantitative estimate of drug-likeness (QED) is 0.488. The number of methoxy groups -OCH3 is 1. The zero-order valence-corrected chi connectivity index (χ0v) is 12.7. The molecule has 0 atom stereocenters. The molecule has 22 heavy (non-hydrogen) atoms. The molecule has 8 nitrogen and oxygen atoms in total. The molecule has 0 aliphatic rings. The van der Waals surface area contributed by atoms with Crippen LogP contribution in [-0.4, -0.2) is 33.3 Å². The molecule has 0 N–H and O–H groups in total. The number of aldehydes is 1. The van der Waals surface area contributed by atoms with E-state index in [1.54, 1.807) is 6.07 Å². The first-order valence-corrected chi connectivity index (χ1v) is 6.53. The Hall–Kier alpha value is -2.77. The topological polar surface area (TPSA) is 100 Å². The number of carbonyl (C=O) groups is 1. The zero-order chi connectivity index (χ0) is 16.5. The van der Waals surface area contributed by atoms with Gasteiger partial charge in [-0.25, -0.2) is 4.68 Å². The number of aromatic nitrogens is 3. The van der Waals surface area contributed by atoms with Gasteiger partial charge in [-0.2, -0.15) is 0 Å². The molecule has 2 aromatic rings. The van der Waals surface area contributed by atoms with Gasteiger partial charge in [0.2, 0.25) is 0 Å². The van der Waals surface area contributed by atoms with Gasteiger partial charge in [-0.05, 0) is 12.1 Å². The lowest BCUT2D eigenvalue weighted by molar-refractivity contribution is -0.385. The second kappa shape index (κ2) is 5.55. The summed E-state index contributed by atoms with van der Waals surface area (Å²) in [5, 5.41) is 18.9. The highest BCUT2D eigenvalue weighted by Gasteiger charge is 2.27. The van der Waals surface area contributed by atoms with Crippen LogP contribution in [0.4, 0.5) is 5.69 Å². The van der Waals surface area contributed by atoms with Gasteiger partial charge in [0.05, 0.1) is 23.4 Å². The van der Waals surface area contributed by atoms with E-state index in [1.807, 2.05) is 20.8 Å². The third kappa shape index (κ3) is 2.67. The minimum Gasteiger partial charge on any atom is -0.490 e. The maximum absolute atomic E-state index is 11.2. The number of nitro groups is 1. The van der Waals surface area contributed by atoms with Gasteiger partial charge < -0.3 is 4.74 Å². The zero-order valence-electron chi connectivity index (χ0n) is 12.7. The fourth-order valence-corrected chi connectivity index (χ4v) is 2.21. The van der Waals surface area contributed by atoms with Crippen LogP contribution in [0.5, 0.6) is 5.75 Å². The van der Waals surface area contributed by atoms with Crippen LogP contribution in [0.15, 0.2) is 18.2 Å². The molecular formula is C14H16N4O4. The van der Waals surface area contributed by atoms with E-state index in [1.165, 1.54) is 23.9 Å². The lowest BCUT2D eigenvalue weighted by Crippen LogP contribution is -2.19. The summed E-state index contributed by atoms with van der Waals surface area (Å²) >= 11 is 0. The van der Waals surface area contributed by atoms with Crippen LogP contribution in [0, 0.1) is 10.1 Å². The monoisotopic (exact) mass is 304 g/mol. The molecular weight excluding hydrogens is 288 g/mol. The van der Waals surface area contributed by atoms with E-state index in [9.17, 15) is 14.9 Å². The molecule has 116 valence electrons. The van der Waals surface area contributed by atoms with E-state index >= 15 is 0 Å². The van der Waals surface area contributed by atoms with Crippen LogP contribution >= 0.6 is 0 Å². The van der Waals surface area contributed by atoms with Crippen molar-refractivity contribution < 1.29 is 14.5 Å². The molecule has 0 saturated carbocycles. The Labute approximate surface area is 126 Å². The lowest BCUT2D eigenvalue weighted by atomic mass is 9.90. The Morgan fingerprint density at radius 3 is 2.55 bits per heavy atom. The summed E-state index contributed by atoms with van der Waals surface area (Å²) < 4.78 is 6.42. The Balaban J connectivity index is 2.68. The number of rotatable bonds is 4. The van der Waals surface area contributed by atoms with Crippen LogP contribution < -0.4 is 4.74 Å². The Morgan fingerprint density at radius 1 is 1.36 bits per heavy atom. The first-order chi connectivity index (χ1) is 10.3. The molecule has 0 spiro atoms. The minimum atomic E-state index is -0.531. The van der Waals surface area contributed by atoms with Crippen molar-refractivity contribution in [3.8, 4) is 11.4 Å². The van der Waals surface area contributed by atoms with Crippen LogP contribution in [-0.2, 0) is 5.41 Å². The smallest absolute Gasteiger partial charge is 0.313 e. The van der Waals surface area contributed by atoms with Gasteiger partial charge in [-0.3, -0.25) is 14.9 Å². The Kier molecular flexibility index (Phi) is 3.94. The summed E-state index contributed by atoms with van der Waals surface area (Å²) in [5.74, 6) is 0.154. The summed E-state index contributed by atoms with van der Waals surface area (Å²) in [6.07, 6.45) is 0.627. The number of carbonyl (C=O) groups excluding carboxylic acids is 1. The van der Waals surface area contributed by atoms with E-state index in [-0.39, 0.29) is 17.1 Å². The third-order valence-electron chi connectivity index (χ3n) is 3.12. The van der Waals surface area contributed by atoms with Gasteiger partial charge in [0, 0.05) is 11.5 Å². The molecule has 8 heteroatoms. The predicted molar refractivity (Wildman–Crippen MR) is 78.7 cm³/mol. The number of hydrogen-bond acceptors (Lipinski definition) is 6. The molecule has 0 fully saturated rings. The maximum Gasteiger partial charge on any atom is 0.313 e. The van der Waals surface area contributed by atoms with E-state index in [4.69, 9.17) is 4.74 Å². The molecule has 1 aromatic heterocycles. The largest absolute Gasteiger partial charge is 0.490 e. The van der Waals surface area contributed by atoms with Crippen molar-refractivity contribution in [3.63, 3.8) is 0 Å². The van der Waals surface area contributed by atoms with Gasteiger partial charge in [-0.1, -0.05) is 26.0 Å². The second-order valence-corrected chi connectivity index (χ2v) is 5.72. The van der Waals surface area contributed by atoms with Crippen molar-refractivity contribution in [2.45, 2.75) is 26.2 Å². The van der Waals surface area contributed by atoms with Gasteiger partial charge in [0.15, 0.2) is 12.0 Å². The van der Waals surface area contributed by atoms with E-state index in [2.05, 4.69) is 10.3 Å².